The molecule has 0 spiro atoms. The number of nitrogens with zero attached hydrogens (tertiary/aromatic N) is 1. The number of nitrogens with one attached hydrogen (secondary N) is 2. The van der Waals surface area contributed by atoms with Crippen LogP contribution in [0.3, 0.4) is 0 Å². The molecule has 1 atom stereocenters. The van der Waals surface area contributed by atoms with Gasteiger partial charge in [0.1, 0.15) is 5.76 Å². The molecule has 2 fully saturated rings. The van der Waals surface area contributed by atoms with Gasteiger partial charge in [0.05, 0.1) is 12.4 Å². The van der Waals surface area contributed by atoms with Crippen molar-refractivity contribution in [1.29, 1.82) is 0 Å². The van der Waals surface area contributed by atoms with E-state index < -0.39 is 0 Å². The Kier molecular flexibility index (Phi) is 7.68. The standard InChI is InChI=1S/C20H33N3O2/c1-2-7-17(8-3-1)23-20(22-14-12-19-10-6-16-25-19)21-13-11-18-9-4-5-15-24-18/h6,10,16-18H,1-5,7-9,11-15H2,(H2,21,22,23). The third-order valence-corrected chi connectivity index (χ3v) is 5.18. The van der Waals surface area contributed by atoms with Crippen molar-refractivity contribution < 1.29 is 9.15 Å². The second kappa shape index (κ2) is 10.5. The lowest BCUT2D eigenvalue weighted by Crippen LogP contribution is -2.45. The van der Waals surface area contributed by atoms with E-state index in [-0.39, 0.29) is 0 Å². The SMILES string of the molecule is c1coc(CCNC(=NCCC2CCCCO2)NC2CCCCC2)c1. The van der Waals surface area contributed by atoms with E-state index >= 15 is 0 Å². The first-order valence-corrected chi connectivity index (χ1v) is 10.1. The van der Waals surface area contributed by atoms with Crippen molar-refractivity contribution in [2.75, 3.05) is 19.7 Å². The van der Waals surface area contributed by atoms with Crippen molar-refractivity contribution in [3.63, 3.8) is 0 Å². The molecule has 1 aromatic heterocycles. The summed E-state index contributed by atoms with van der Waals surface area (Å²) in [5.41, 5.74) is 0. The zero-order chi connectivity index (χ0) is 17.2. The van der Waals surface area contributed by atoms with E-state index in [1.165, 1.54) is 51.4 Å². The lowest BCUT2D eigenvalue weighted by Gasteiger charge is -2.25. The van der Waals surface area contributed by atoms with Crippen molar-refractivity contribution in [2.24, 2.45) is 4.99 Å². The number of ether oxygens (including phenoxy) is 1. The van der Waals surface area contributed by atoms with Crippen molar-refractivity contribution in [3.8, 4) is 0 Å². The maximum atomic E-state index is 5.82. The highest BCUT2D eigenvalue weighted by atomic mass is 16.5. The van der Waals surface area contributed by atoms with Gasteiger partial charge in [-0.3, -0.25) is 4.99 Å². The van der Waals surface area contributed by atoms with Gasteiger partial charge in [-0.05, 0) is 50.7 Å². The number of guanidine groups is 1. The van der Waals surface area contributed by atoms with Crippen LogP contribution in [0.1, 0.15) is 63.5 Å². The monoisotopic (exact) mass is 347 g/mol. The fraction of sp³-hybridized carbons (Fsp3) is 0.750. The van der Waals surface area contributed by atoms with Crippen molar-refractivity contribution in [3.05, 3.63) is 24.2 Å². The topological polar surface area (TPSA) is 58.8 Å². The summed E-state index contributed by atoms with van der Waals surface area (Å²) in [6.45, 7) is 2.59. The lowest BCUT2D eigenvalue weighted by molar-refractivity contribution is 0.0129. The molecular formula is C20H33N3O2. The van der Waals surface area contributed by atoms with Gasteiger partial charge in [-0.2, -0.15) is 0 Å². The molecule has 25 heavy (non-hydrogen) atoms. The normalized spacial score (nSPS) is 22.7. The molecule has 1 aliphatic carbocycles. The van der Waals surface area contributed by atoms with Crippen molar-refractivity contribution in [2.45, 2.75) is 76.4 Å². The van der Waals surface area contributed by atoms with Crippen LogP contribution in [0.25, 0.3) is 0 Å². The van der Waals surface area contributed by atoms with E-state index in [2.05, 4.69) is 10.6 Å². The second-order valence-electron chi connectivity index (χ2n) is 7.24. The third-order valence-electron chi connectivity index (χ3n) is 5.18. The van der Waals surface area contributed by atoms with Crippen molar-refractivity contribution in [1.82, 2.24) is 10.6 Å². The molecule has 0 bridgehead atoms. The molecule has 140 valence electrons. The molecule has 5 heteroatoms. The maximum absolute atomic E-state index is 5.82. The molecule has 2 heterocycles. The first-order valence-electron chi connectivity index (χ1n) is 10.1. The van der Waals surface area contributed by atoms with Gasteiger partial charge in [0.2, 0.25) is 0 Å². The van der Waals surface area contributed by atoms with Crippen LogP contribution in [0.2, 0.25) is 0 Å². The van der Waals surface area contributed by atoms with Gasteiger partial charge in [0.15, 0.2) is 5.96 Å². The third kappa shape index (κ3) is 6.73. The van der Waals surface area contributed by atoms with Crippen LogP contribution in [0.5, 0.6) is 0 Å². The first kappa shape index (κ1) is 18.3. The van der Waals surface area contributed by atoms with E-state index in [0.29, 0.717) is 12.1 Å². The Labute approximate surface area is 151 Å². The summed E-state index contributed by atoms with van der Waals surface area (Å²) in [7, 11) is 0. The molecule has 2 N–H and O–H groups in total. The summed E-state index contributed by atoms with van der Waals surface area (Å²) in [5, 5.41) is 7.12. The summed E-state index contributed by atoms with van der Waals surface area (Å²) in [4.78, 5) is 4.81. The molecule has 3 rings (SSSR count). The molecule has 1 saturated carbocycles. The predicted molar refractivity (Wildman–Crippen MR) is 101 cm³/mol. The van der Waals surface area contributed by atoms with Gasteiger partial charge in [-0.1, -0.05) is 19.3 Å². The average molecular weight is 348 g/mol. The van der Waals surface area contributed by atoms with Crippen LogP contribution in [-0.2, 0) is 11.2 Å². The lowest BCUT2D eigenvalue weighted by atomic mass is 9.96. The molecule has 1 unspecified atom stereocenters. The fourth-order valence-electron chi connectivity index (χ4n) is 3.71. The van der Waals surface area contributed by atoms with Crippen LogP contribution in [0.15, 0.2) is 27.8 Å². The van der Waals surface area contributed by atoms with Crippen LogP contribution in [0.4, 0.5) is 0 Å². The minimum atomic E-state index is 0.400. The number of rotatable bonds is 7. The Hall–Kier alpha value is -1.49. The van der Waals surface area contributed by atoms with Gasteiger partial charge in [-0.15, -0.1) is 0 Å². The average Bonchev–Trinajstić information content (AvgIpc) is 3.17. The van der Waals surface area contributed by atoms with E-state index in [4.69, 9.17) is 14.1 Å². The summed E-state index contributed by atoms with van der Waals surface area (Å²) in [6, 6.07) is 4.52. The van der Waals surface area contributed by atoms with Crippen molar-refractivity contribution >= 4 is 5.96 Å². The minimum Gasteiger partial charge on any atom is -0.469 e. The first-order chi connectivity index (χ1) is 12.4. The van der Waals surface area contributed by atoms with E-state index in [9.17, 15) is 0 Å². The van der Waals surface area contributed by atoms with Gasteiger partial charge < -0.3 is 19.8 Å². The molecule has 0 radical (unpaired) electrons. The Morgan fingerprint density at radius 3 is 2.76 bits per heavy atom. The Balaban J connectivity index is 1.46. The van der Waals surface area contributed by atoms with Gasteiger partial charge in [0.25, 0.3) is 0 Å². The summed E-state index contributed by atoms with van der Waals surface area (Å²) in [5.74, 6) is 1.97. The second-order valence-corrected chi connectivity index (χ2v) is 7.24. The Morgan fingerprint density at radius 1 is 1.12 bits per heavy atom. The molecule has 1 aliphatic heterocycles. The Bertz CT molecular complexity index is 489. The van der Waals surface area contributed by atoms with Crippen LogP contribution in [0, 0.1) is 0 Å². The highest BCUT2D eigenvalue weighted by Gasteiger charge is 2.16. The molecule has 0 aromatic carbocycles. The number of furan rings is 1. The highest BCUT2D eigenvalue weighted by Crippen LogP contribution is 2.17. The summed E-state index contributed by atoms with van der Waals surface area (Å²) < 4.78 is 11.2. The zero-order valence-corrected chi connectivity index (χ0v) is 15.3. The molecule has 5 nitrogen and oxygen atoms in total. The minimum absolute atomic E-state index is 0.400. The maximum Gasteiger partial charge on any atom is 0.191 e. The number of hydrogen-bond donors (Lipinski definition) is 2. The van der Waals surface area contributed by atoms with Gasteiger partial charge in [-0.25, -0.2) is 0 Å². The number of aliphatic imine (C=N–C) groups is 1. The van der Waals surface area contributed by atoms with Gasteiger partial charge >= 0.3 is 0 Å². The number of hydrogen-bond acceptors (Lipinski definition) is 3. The smallest absolute Gasteiger partial charge is 0.191 e. The van der Waals surface area contributed by atoms with E-state index in [1.807, 2.05) is 12.1 Å². The van der Waals surface area contributed by atoms with Crippen LogP contribution in [-0.4, -0.2) is 37.8 Å². The van der Waals surface area contributed by atoms with Crippen LogP contribution < -0.4 is 10.6 Å². The highest BCUT2D eigenvalue weighted by molar-refractivity contribution is 5.80. The predicted octanol–water partition coefficient (Wildman–Crippen LogP) is 3.65. The van der Waals surface area contributed by atoms with Crippen LogP contribution >= 0.6 is 0 Å². The molecule has 1 aromatic rings. The zero-order valence-electron chi connectivity index (χ0n) is 15.3. The van der Waals surface area contributed by atoms with Gasteiger partial charge in [0, 0.05) is 32.2 Å². The quantitative estimate of drug-likeness (QED) is 0.584. The molecule has 0 amide bonds. The molecular weight excluding hydrogens is 314 g/mol. The largest absolute Gasteiger partial charge is 0.469 e. The summed E-state index contributed by atoms with van der Waals surface area (Å²) in [6.07, 6.45) is 14.3. The Morgan fingerprint density at radius 2 is 2.00 bits per heavy atom. The fourth-order valence-corrected chi connectivity index (χ4v) is 3.71. The molecule has 1 saturated heterocycles. The van der Waals surface area contributed by atoms with E-state index in [0.717, 1.165) is 44.3 Å². The molecule has 2 aliphatic rings. The van der Waals surface area contributed by atoms with E-state index in [1.54, 1.807) is 6.26 Å². The summed E-state index contributed by atoms with van der Waals surface area (Å²) >= 11 is 0.